The first-order valence-electron chi connectivity index (χ1n) is 10.2. The van der Waals surface area contributed by atoms with Gasteiger partial charge in [0, 0.05) is 25.8 Å². The highest BCUT2D eigenvalue weighted by Crippen LogP contribution is 2.41. The first-order chi connectivity index (χ1) is 16.5. The Hall–Kier alpha value is -3.00. The van der Waals surface area contributed by atoms with Gasteiger partial charge in [0.25, 0.3) is 0 Å². The van der Waals surface area contributed by atoms with E-state index < -0.39 is 65.5 Å². The number of anilines is 1. The Morgan fingerprint density at radius 2 is 1.56 bits per heavy atom. The minimum Gasteiger partial charge on any atom is -0.384 e. The highest BCUT2D eigenvalue weighted by Gasteiger charge is 2.55. The van der Waals surface area contributed by atoms with E-state index in [2.05, 4.69) is 10.1 Å². The molecule has 0 bridgehead atoms. The third-order valence-corrected chi connectivity index (χ3v) is 5.11. The fourth-order valence-corrected chi connectivity index (χ4v) is 3.13. The summed E-state index contributed by atoms with van der Waals surface area (Å²) in [7, 11) is 1.33. The molecule has 200 valence electrons. The van der Waals surface area contributed by atoms with Crippen LogP contribution in [0.25, 0.3) is 0 Å². The summed E-state index contributed by atoms with van der Waals surface area (Å²) in [4.78, 5) is 11.6. The molecule has 0 saturated heterocycles. The molecule has 0 aromatic heterocycles. The summed E-state index contributed by atoms with van der Waals surface area (Å²) in [6.07, 6.45) is -15.5. The summed E-state index contributed by atoms with van der Waals surface area (Å²) in [5.74, 6) is -0.594. The molecule has 1 amide bonds. The molecule has 0 radical (unpaired) electrons. The lowest BCUT2D eigenvalue weighted by Crippen LogP contribution is -2.48. The van der Waals surface area contributed by atoms with Crippen molar-refractivity contribution in [3.8, 4) is 0 Å². The van der Waals surface area contributed by atoms with E-state index in [0.717, 1.165) is 12.1 Å². The average Bonchev–Trinajstić information content (AvgIpc) is 2.78. The molecule has 0 aliphatic heterocycles. The van der Waals surface area contributed by atoms with Gasteiger partial charge >= 0.3 is 18.5 Å². The van der Waals surface area contributed by atoms with Crippen molar-refractivity contribution in [1.82, 2.24) is 5.32 Å². The molecular formula is C22H21F9N2O3. The predicted octanol–water partition coefficient (Wildman–Crippen LogP) is 5.24. The van der Waals surface area contributed by atoms with Crippen LogP contribution in [0, 0.1) is 0 Å². The van der Waals surface area contributed by atoms with E-state index >= 15 is 0 Å². The molecule has 0 fully saturated rings. The number of carbonyl (C=O) groups excluding carboxylic acids is 1. The predicted molar refractivity (Wildman–Crippen MR) is 110 cm³/mol. The molecule has 0 heterocycles. The van der Waals surface area contributed by atoms with Gasteiger partial charge in [-0.25, -0.2) is 0 Å². The van der Waals surface area contributed by atoms with Crippen LogP contribution < -0.4 is 10.6 Å². The number of hydrogen-bond donors (Lipinski definition) is 3. The molecule has 0 saturated carbocycles. The van der Waals surface area contributed by atoms with Crippen LogP contribution in [0.15, 0.2) is 42.5 Å². The number of amides is 1. The van der Waals surface area contributed by atoms with E-state index in [1.165, 1.54) is 7.11 Å². The van der Waals surface area contributed by atoms with Gasteiger partial charge in [-0.2, -0.15) is 39.5 Å². The molecule has 1 atom stereocenters. The zero-order chi connectivity index (χ0) is 27.4. The fraction of sp³-hybridized carbons (Fsp3) is 0.409. The third-order valence-electron chi connectivity index (χ3n) is 5.11. The van der Waals surface area contributed by atoms with Crippen molar-refractivity contribution >= 4 is 11.6 Å². The quantitative estimate of drug-likeness (QED) is 0.387. The van der Waals surface area contributed by atoms with Crippen molar-refractivity contribution in [3.63, 3.8) is 0 Å². The minimum absolute atomic E-state index is 0.0365. The van der Waals surface area contributed by atoms with E-state index in [1.54, 1.807) is 0 Å². The van der Waals surface area contributed by atoms with E-state index in [0.29, 0.717) is 24.3 Å². The smallest absolute Gasteiger partial charge is 0.384 e. The summed E-state index contributed by atoms with van der Waals surface area (Å²) in [6, 6.07) is 4.29. The van der Waals surface area contributed by atoms with Crippen molar-refractivity contribution in [2.75, 3.05) is 25.6 Å². The van der Waals surface area contributed by atoms with Gasteiger partial charge < -0.3 is 20.5 Å². The monoisotopic (exact) mass is 532 g/mol. The Balaban J connectivity index is 2.33. The second-order valence-electron chi connectivity index (χ2n) is 7.68. The Bertz CT molecular complexity index is 1050. The number of rotatable bonds is 9. The van der Waals surface area contributed by atoms with Crippen molar-refractivity contribution in [2.45, 2.75) is 37.1 Å². The van der Waals surface area contributed by atoms with Crippen LogP contribution in [0.3, 0.4) is 0 Å². The molecule has 0 aliphatic carbocycles. The van der Waals surface area contributed by atoms with E-state index in [4.69, 9.17) is 0 Å². The number of alkyl halides is 9. The minimum atomic E-state index is -5.48. The molecule has 2 rings (SSSR count). The van der Waals surface area contributed by atoms with Crippen LogP contribution >= 0.6 is 0 Å². The van der Waals surface area contributed by atoms with Gasteiger partial charge in [-0.3, -0.25) is 4.79 Å². The molecular weight excluding hydrogens is 511 g/mol. The van der Waals surface area contributed by atoms with Crippen molar-refractivity contribution in [2.24, 2.45) is 0 Å². The maximum Gasteiger partial charge on any atom is 0.423 e. The summed E-state index contributed by atoms with van der Waals surface area (Å²) in [5.41, 5.74) is -8.60. The standard InChI is InChI=1S/C22H21F9N2O3/c1-36-8-7-18(34)32-11-13-5-6-16(10-17(13)21(26,27)28)33-12-19(35,22(29,30)31)14-3-2-4-15(9-14)20(23,24)25/h2-6,9-10,33,35H,7-8,11-12H2,1H3,(H,32,34)/t19-/m1/s1. The second-order valence-corrected chi connectivity index (χ2v) is 7.68. The topological polar surface area (TPSA) is 70.6 Å². The number of aliphatic hydroxyl groups is 1. The maximum absolute atomic E-state index is 13.7. The van der Waals surface area contributed by atoms with Gasteiger partial charge in [0.1, 0.15) is 0 Å². The molecule has 0 aliphatic rings. The maximum atomic E-state index is 13.7. The largest absolute Gasteiger partial charge is 0.423 e. The summed E-state index contributed by atoms with van der Waals surface area (Å²) in [6.45, 7) is -1.98. The molecule has 2 aromatic carbocycles. The zero-order valence-corrected chi connectivity index (χ0v) is 18.5. The Kier molecular flexibility index (Phi) is 8.89. The van der Waals surface area contributed by atoms with Gasteiger partial charge in [-0.05, 0) is 35.4 Å². The summed E-state index contributed by atoms with van der Waals surface area (Å²) < 4.78 is 125. The van der Waals surface area contributed by atoms with E-state index in [-0.39, 0.29) is 24.7 Å². The number of carbonyl (C=O) groups is 1. The zero-order valence-electron chi connectivity index (χ0n) is 18.5. The number of benzene rings is 2. The van der Waals surface area contributed by atoms with Crippen LogP contribution in [0.4, 0.5) is 45.2 Å². The van der Waals surface area contributed by atoms with Gasteiger partial charge in [0.2, 0.25) is 11.5 Å². The van der Waals surface area contributed by atoms with E-state index in [9.17, 15) is 49.4 Å². The molecule has 2 aromatic rings. The molecule has 0 unspecified atom stereocenters. The van der Waals surface area contributed by atoms with Crippen LogP contribution in [0.5, 0.6) is 0 Å². The highest BCUT2D eigenvalue weighted by molar-refractivity contribution is 5.76. The van der Waals surface area contributed by atoms with E-state index in [1.807, 2.05) is 5.32 Å². The molecule has 5 nitrogen and oxygen atoms in total. The highest BCUT2D eigenvalue weighted by atomic mass is 19.4. The Morgan fingerprint density at radius 1 is 0.917 bits per heavy atom. The van der Waals surface area contributed by atoms with Crippen LogP contribution in [0.1, 0.15) is 28.7 Å². The van der Waals surface area contributed by atoms with Crippen molar-refractivity contribution in [1.29, 1.82) is 0 Å². The van der Waals surface area contributed by atoms with Crippen LogP contribution in [0.2, 0.25) is 0 Å². The van der Waals surface area contributed by atoms with Crippen molar-refractivity contribution < 1.29 is 54.2 Å². The Morgan fingerprint density at radius 3 is 2.11 bits per heavy atom. The van der Waals surface area contributed by atoms with Crippen LogP contribution in [-0.4, -0.2) is 37.5 Å². The first kappa shape index (κ1) is 29.2. The van der Waals surface area contributed by atoms with Gasteiger partial charge in [-0.15, -0.1) is 0 Å². The lowest BCUT2D eigenvalue weighted by Gasteiger charge is -2.32. The van der Waals surface area contributed by atoms with Gasteiger partial charge in [0.15, 0.2) is 0 Å². The van der Waals surface area contributed by atoms with Gasteiger partial charge in [0.05, 0.1) is 24.3 Å². The fourth-order valence-electron chi connectivity index (χ4n) is 3.13. The average molecular weight is 532 g/mol. The first-order valence-corrected chi connectivity index (χ1v) is 10.2. The lowest BCUT2D eigenvalue weighted by atomic mass is 9.91. The second kappa shape index (κ2) is 10.9. The van der Waals surface area contributed by atoms with Crippen molar-refractivity contribution in [3.05, 3.63) is 64.7 Å². The molecule has 36 heavy (non-hydrogen) atoms. The number of hydrogen-bond acceptors (Lipinski definition) is 4. The molecule has 3 N–H and O–H groups in total. The number of methoxy groups -OCH3 is 1. The normalized spacial score (nSPS) is 14.3. The van der Waals surface area contributed by atoms with Gasteiger partial charge in [-0.1, -0.05) is 18.2 Å². The number of nitrogens with one attached hydrogen (secondary N) is 2. The lowest BCUT2D eigenvalue weighted by molar-refractivity contribution is -0.260. The Labute approximate surface area is 199 Å². The number of ether oxygens (including phenoxy) is 1. The molecule has 14 heteroatoms. The third kappa shape index (κ3) is 7.26. The summed E-state index contributed by atoms with van der Waals surface area (Å²) >= 11 is 0. The summed E-state index contributed by atoms with van der Waals surface area (Å²) in [5, 5.41) is 14.6. The SMILES string of the molecule is COCCC(=O)NCc1ccc(NC[C@@](O)(c2cccc(C(F)(F)F)c2)C(F)(F)F)cc1C(F)(F)F. The molecule has 0 spiro atoms. The number of halogens is 9. The van der Waals surface area contributed by atoms with Crippen LogP contribution in [-0.2, 0) is 34.0 Å².